The minimum Gasteiger partial charge on any atom is -0.351 e. The van der Waals surface area contributed by atoms with Gasteiger partial charge in [0.15, 0.2) is 0 Å². The lowest BCUT2D eigenvalue weighted by atomic mass is 10.0. The fourth-order valence-corrected chi connectivity index (χ4v) is 2.99. The first kappa shape index (κ1) is 17.8. The highest BCUT2D eigenvalue weighted by atomic mass is 16.2. The van der Waals surface area contributed by atoms with Gasteiger partial charge in [-0.2, -0.15) is 0 Å². The standard InChI is InChI=1S/C17H21N5O4/c1-9(2)14(23)19-11-4-3-5-22(8-11)16(25)10-6-12-13(18-7-10)20-17(26)21-15(12)24/h6-7,9,11H,3-5,8H2,1-2H3,(H,19,23)(H2,18,20,21,24,26). The summed E-state index contributed by atoms with van der Waals surface area (Å²) in [5.74, 6) is -0.402. The Bertz CT molecular complexity index is 962. The summed E-state index contributed by atoms with van der Waals surface area (Å²) in [5.41, 5.74) is -0.831. The Morgan fingerprint density at radius 3 is 2.81 bits per heavy atom. The molecule has 0 spiro atoms. The molecular formula is C17H21N5O4. The predicted molar refractivity (Wildman–Crippen MR) is 94.9 cm³/mol. The van der Waals surface area contributed by atoms with Crippen LogP contribution in [0.1, 0.15) is 37.0 Å². The second-order valence-electron chi connectivity index (χ2n) is 6.78. The van der Waals surface area contributed by atoms with Crippen molar-refractivity contribution in [2.45, 2.75) is 32.7 Å². The second kappa shape index (κ2) is 7.11. The summed E-state index contributed by atoms with van der Waals surface area (Å²) in [5, 5.41) is 3.11. The highest BCUT2D eigenvalue weighted by Crippen LogP contribution is 2.15. The summed E-state index contributed by atoms with van der Waals surface area (Å²) < 4.78 is 0. The lowest BCUT2D eigenvalue weighted by molar-refractivity contribution is -0.125. The average molecular weight is 359 g/mol. The molecule has 0 bridgehead atoms. The molecule has 2 amide bonds. The van der Waals surface area contributed by atoms with Crippen LogP contribution >= 0.6 is 0 Å². The molecule has 0 aromatic carbocycles. The van der Waals surface area contributed by atoms with Gasteiger partial charge in [0, 0.05) is 31.2 Å². The van der Waals surface area contributed by atoms with Crippen LogP contribution in [0.2, 0.25) is 0 Å². The number of hydrogen-bond donors (Lipinski definition) is 3. The maximum absolute atomic E-state index is 12.8. The van der Waals surface area contributed by atoms with Crippen LogP contribution in [0.4, 0.5) is 0 Å². The van der Waals surface area contributed by atoms with E-state index in [2.05, 4.69) is 20.3 Å². The van der Waals surface area contributed by atoms with E-state index in [9.17, 15) is 19.2 Å². The third kappa shape index (κ3) is 3.66. The number of H-pyrrole nitrogens is 2. The zero-order valence-corrected chi connectivity index (χ0v) is 14.7. The average Bonchev–Trinajstić information content (AvgIpc) is 2.61. The molecule has 26 heavy (non-hydrogen) atoms. The number of pyridine rings is 1. The molecule has 3 heterocycles. The van der Waals surface area contributed by atoms with E-state index in [4.69, 9.17) is 0 Å². The molecule has 0 radical (unpaired) electrons. The summed E-state index contributed by atoms with van der Waals surface area (Å²) in [6.45, 7) is 4.64. The van der Waals surface area contributed by atoms with Gasteiger partial charge in [-0.15, -0.1) is 0 Å². The molecule has 2 aromatic heterocycles. The molecule has 9 nitrogen and oxygen atoms in total. The number of likely N-dealkylation sites (tertiary alicyclic amines) is 1. The number of aromatic nitrogens is 3. The van der Waals surface area contributed by atoms with Gasteiger partial charge in [-0.05, 0) is 18.9 Å². The SMILES string of the molecule is CC(C)C(=O)NC1CCCN(C(=O)c2cnc3[nH]c(=O)[nH]c(=O)c3c2)C1. The number of fused-ring (bicyclic) bond motifs is 1. The van der Waals surface area contributed by atoms with E-state index in [0.29, 0.717) is 13.1 Å². The molecule has 1 aliphatic heterocycles. The van der Waals surface area contributed by atoms with Gasteiger partial charge in [0.05, 0.1) is 10.9 Å². The zero-order chi connectivity index (χ0) is 18.8. The molecule has 0 aliphatic carbocycles. The van der Waals surface area contributed by atoms with Crippen LogP contribution in [0.3, 0.4) is 0 Å². The van der Waals surface area contributed by atoms with E-state index < -0.39 is 11.2 Å². The first-order valence-electron chi connectivity index (χ1n) is 8.57. The molecule has 1 unspecified atom stereocenters. The van der Waals surface area contributed by atoms with Crippen molar-refractivity contribution in [1.82, 2.24) is 25.2 Å². The number of piperidine rings is 1. The molecule has 138 valence electrons. The number of amides is 2. The highest BCUT2D eigenvalue weighted by Gasteiger charge is 2.26. The van der Waals surface area contributed by atoms with E-state index in [1.807, 2.05) is 13.8 Å². The number of carbonyl (C=O) groups is 2. The fourth-order valence-electron chi connectivity index (χ4n) is 2.99. The van der Waals surface area contributed by atoms with E-state index >= 15 is 0 Å². The van der Waals surface area contributed by atoms with E-state index in [-0.39, 0.29) is 40.4 Å². The van der Waals surface area contributed by atoms with Gasteiger partial charge >= 0.3 is 5.69 Å². The number of carbonyl (C=O) groups excluding carboxylic acids is 2. The summed E-state index contributed by atoms with van der Waals surface area (Å²) in [7, 11) is 0. The molecule has 9 heteroatoms. The topological polar surface area (TPSA) is 128 Å². The zero-order valence-electron chi connectivity index (χ0n) is 14.7. The van der Waals surface area contributed by atoms with Crippen LogP contribution in [0, 0.1) is 5.92 Å². The Kier molecular flexibility index (Phi) is 4.88. The fraction of sp³-hybridized carbons (Fsp3) is 0.471. The third-order valence-electron chi connectivity index (χ3n) is 4.42. The molecule has 0 saturated carbocycles. The lowest BCUT2D eigenvalue weighted by Crippen LogP contribution is -2.50. The quantitative estimate of drug-likeness (QED) is 0.710. The van der Waals surface area contributed by atoms with Crippen LogP contribution in [0.25, 0.3) is 11.0 Å². The predicted octanol–water partition coefficient (Wildman–Crippen LogP) is -0.0118. The van der Waals surface area contributed by atoms with Crippen LogP contribution in [-0.4, -0.2) is 50.8 Å². The smallest absolute Gasteiger partial charge is 0.327 e. The molecule has 3 N–H and O–H groups in total. The molecular weight excluding hydrogens is 338 g/mol. The van der Waals surface area contributed by atoms with Gasteiger partial charge in [-0.25, -0.2) is 9.78 Å². The Labute approximate surface area is 148 Å². The van der Waals surface area contributed by atoms with Crippen LogP contribution in [-0.2, 0) is 4.79 Å². The molecule has 3 rings (SSSR count). The monoisotopic (exact) mass is 359 g/mol. The summed E-state index contributed by atoms with van der Waals surface area (Å²) in [6.07, 6.45) is 2.94. The van der Waals surface area contributed by atoms with Gasteiger partial charge in [-0.1, -0.05) is 13.8 Å². The maximum atomic E-state index is 12.8. The van der Waals surface area contributed by atoms with Crippen molar-refractivity contribution in [3.8, 4) is 0 Å². The van der Waals surface area contributed by atoms with Crippen molar-refractivity contribution in [1.29, 1.82) is 0 Å². The summed E-state index contributed by atoms with van der Waals surface area (Å²) in [6, 6.07) is 1.34. The molecule has 1 fully saturated rings. The Balaban J connectivity index is 1.80. The number of rotatable bonds is 3. The molecule has 1 saturated heterocycles. The maximum Gasteiger partial charge on any atom is 0.327 e. The number of aromatic amines is 2. The third-order valence-corrected chi connectivity index (χ3v) is 4.42. The normalized spacial score (nSPS) is 17.5. The summed E-state index contributed by atoms with van der Waals surface area (Å²) in [4.78, 5) is 58.0. The van der Waals surface area contributed by atoms with Crippen molar-refractivity contribution in [3.63, 3.8) is 0 Å². The van der Waals surface area contributed by atoms with Crippen molar-refractivity contribution in [2.75, 3.05) is 13.1 Å². The number of hydrogen-bond acceptors (Lipinski definition) is 5. The van der Waals surface area contributed by atoms with E-state index in [1.54, 1.807) is 4.90 Å². The first-order chi connectivity index (χ1) is 12.3. The van der Waals surface area contributed by atoms with Crippen LogP contribution < -0.4 is 16.6 Å². The largest absolute Gasteiger partial charge is 0.351 e. The van der Waals surface area contributed by atoms with Gasteiger partial charge in [0.1, 0.15) is 5.65 Å². The number of nitrogens with one attached hydrogen (secondary N) is 3. The van der Waals surface area contributed by atoms with Crippen molar-refractivity contribution in [2.24, 2.45) is 5.92 Å². The van der Waals surface area contributed by atoms with Crippen molar-refractivity contribution in [3.05, 3.63) is 38.7 Å². The molecule has 2 aromatic rings. The van der Waals surface area contributed by atoms with Crippen molar-refractivity contribution < 1.29 is 9.59 Å². The van der Waals surface area contributed by atoms with E-state index in [1.165, 1.54) is 12.3 Å². The minimum atomic E-state index is -0.645. The first-order valence-corrected chi connectivity index (χ1v) is 8.57. The minimum absolute atomic E-state index is 0.0350. The molecule has 1 atom stereocenters. The Hall–Kier alpha value is -2.97. The summed E-state index contributed by atoms with van der Waals surface area (Å²) >= 11 is 0. The lowest BCUT2D eigenvalue weighted by Gasteiger charge is -2.33. The van der Waals surface area contributed by atoms with Crippen molar-refractivity contribution >= 4 is 22.8 Å². The van der Waals surface area contributed by atoms with Gasteiger partial charge in [0.2, 0.25) is 5.91 Å². The van der Waals surface area contributed by atoms with E-state index in [0.717, 1.165) is 12.8 Å². The highest BCUT2D eigenvalue weighted by molar-refractivity contribution is 5.96. The Morgan fingerprint density at radius 2 is 2.08 bits per heavy atom. The van der Waals surface area contributed by atoms with Gasteiger partial charge < -0.3 is 10.2 Å². The molecule has 1 aliphatic rings. The van der Waals surface area contributed by atoms with Crippen LogP contribution in [0.15, 0.2) is 21.9 Å². The number of nitrogens with zero attached hydrogens (tertiary/aromatic N) is 2. The Morgan fingerprint density at radius 1 is 1.31 bits per heavy atom. The second-order valence-corrected chi connectivity index (χ2v) is 6.78. The van der Waals surface area contributed by atoms with Crippen LogP contribution in [0.5, 0.6) is 0 Å². The van der Waals surface area contributed by atoms with Gasteiger partial charge in [0.25, 0.3) is 11.5 Å². The van der Waals surface area contributed by atoms with Gasteiger partial charge in [-0.3, -0.25) is 24.4 Å².